The van der Waals surface area contributed by atoms with Crippen LogP contribution in [0.25, 0.3) is 0 Å². The summed E-state index contributed by atoms with van der Waals surface area (Å²) in [7, 11) is 1.59. The standard InChI is InChI=1S/C15H14N4O3S/c1-22-14-7-5-12(6-8-14)17-15(23)18-16-10-11-3-2-4-13(9-11)19(20)21/h2-10H,1H3,(H2,17,18,23). The Kier molecular flexibility index (Phi) is 5.59. The summed E-state index contributed by atoms with van der Waals surface area (Å²) < 4.78 is 5.07. The maximum Gasteiger partial charge on any atom is 0.270 e. The number of thiocarbonyl (C=S) groups is 1. The molecule has 0 unspecified atom stereocenters. The molecule has 2 aromatic carbocycles. The Balaban J connectivity index is 1.90. The normalized spacial score (nSPS) is 10.3. The summed E-state index contributed by atoms with van der Waals surface area (Å²) in [5.74, 6) is 0.748. The number of hydrogen-bond acceptors (Lipinski definition) is 5. The molecule has 0 radical (unpaired) electrons. The monoisotopic (exact) mass is 330 g/mol. The average Bonchev–Trinajstić information content (AvgIpc) is 2.56. The van der Waals surface area contributed by atoms with Gasteiger partial charge in [0.25, 0.3) is 5.69 Å². The van der Waals surface area contributed by atoms with Crippen molar-refractivity contribution in [3.63, 3.8) is 0 Å². The SMILES string of the molecule is COc1ccc(NC(=S)NN=Cc2cccc([N+](=O)[O-])c2)cc1. The van der Waals surface area contributed by atoms with Crippen molar-refractivity contribution in [1.29, 1.82) is 0 Å². The van der Waals surface area contributed by atoms with Gasteiger partial charge in [0.05, 0.1) is 18.2 Å². The second kappa shape index (κ2) is 7.85. The van der Waals surface area contributed by atoms with Gasteiger partial charge in [0.2, 0.25) is 0 Å². The van der Waals surface area contributed by atoms with Gasteiger partial charge in [-0.3, -0.25) is 15.5 Å². The van der Waals surface area contributed by atoms with Gasteiger partial charge in [-0.2, -0.15) is 5.10 Å². The summed E-state index contributed by atoms with van der Waals surface area (Å²) in [5.41, 5.74) is 4.04. The van der Waals surface area contributed by atoms with Gasteiger partial charge in [-0.1, -0.05) is 12.1 Å². The number of nitrogens with zero attached hydrogens (tertiary/aromatic N) is 2. The number of ether oxygens (including phenoxy) is 1. The molecule has 23 heavy (non-hydrogen) atoms. The van der Waals surface area contributed by atoms with E-state index in [4.69, 9.17) is 17.0 Å². The van der Waals surface area contributed by atoms with Crippen LogP contribution in [-0.2, 0) is 0 Å². The summed E-state index contributed by atoms with van der Waals surface area (Å²) in [5, 5.41) is 17.9. The van der Waals surface area contributed by atoms with Crippen LogP contribution in [-0.4, -0.2) is 23.4 Å². The van der Waals surface area contributed by atoms with Crippen LogP contribution in [0, 0.1) is 10.1 Å². The third-order valence-corrected chi connectivity index (χ3v) is 3.00. The van der Waals surface area contributed by atoms with Gasteiger partial charge < -0.3 is 10.1 Å². The first-order valence-electron chi connectivity index (χ1n) is 6.57. The number of nitro benzene ring substituents is 1. The number of benzene rings is 2. The van der Waals surface area contributed by atoms with E-state index in [-0.39, 0.29) is 5.69 Å². The van der Waals surface area contributed by atoms with Gasteiger partial charge in [-0.15, -0.1) is 0 Å². The molecule has 0 aliphatic rings. The van der Waals surface area contributed by atoms with Gasteiger partial charge >= 0.3 is 0 Å². The smallest absolute Gasteiger partial charge is 0.270 e. The molecule has 2 N–H and O–H groups in total. The summed E-state index contributed by atoms with van der Waals surface area (Å²) >= 11 is 5.10. The van der Waals surface area contributed by atoms with E-state index >= 15 is 0 Å². The van der Waals surface area contributed by atoms with Crippen LogP contribution in [0.15, 0.2) is 53.6 Å². The van der Waals surface area contributed by atoms with Gasteiger partial charge in [0, 0.05) is 23.4 Å². The number of hydrazone groups is 1. The fourth-order valence-electron chi connectivity index (χ4n) is 1.72. The maximum atomic E-state index is 10.7. The molecule has 0 fully saturated rings. The van der Waals surface area contributed by atoms with E-state index in [1.54, 1.807) is 31.4 Å². The van der Waals surface area contributed by atoms with Crippen molar-refractivity contribution in [3.8, 4) is 5.75 Å². The van der Waals surface area contributed by atoms with Crippen LogP contribution in [0.1, 0.15) is 5.56 Å². The molecule has 0 spiro atoms. The molecule has 0 saturated carbocycles. The minimum absolute atomic E-state index is 0.00730. The van der Waals surface area contributed by atoms with Gasteiger partial charge in [0.15, 0.2) is 5.11 Å². The Morgan fingerprint density at radius 1 is 1.30 bits per heavy atom. The number of non-ortho nitro benzene ring substituents is 1. The molecule has 0 aliphatic carbocycles. The molecule has 2 aromatic rings. The minimum atomic E-state index is -0.458. The number of rotatable bonds is 5. The van der Waals surface area contributed by atoms with E-state index in [1.165, 1.54) is 18.3 Å². The summed E-state index contributed by atoms with van der Waals surface area (Å²) in [6, 6.07) is 13.4. The molecule has 0 amide bonds. The molecule has 0 saturated heterocycles. The fourth-order valence-corrected chi connectivity index (χ4v) is 1.89. The quantitative estimate of drug-likeness (QED) is 0.379. The summed E-state index contributed by atoms with van der Waals surface area (Å²) in [6.07, 6.45) is 1.45. The van der Waals surface area contributed by atoms with Crippen LogP contribution >= 0.6 is 12.2 Å². The van der Waals surface area contributed by atoms with Crippen molar-refractivity contribution in [2.45, 2.75) is 0 Å². The molecular weight excluding hydrogens is 316 g/mol. The predicted molar refractivity (Wildman–Crippen MR) is 93.0 cm³/mol. The molecule has 0 aliphatic heterocycles. The summed E-state index contributed by atoms with van der Waals surface area (Å²) in [6.45, 7) is 0. The van der Waals surface area contributed by atoms with Gasteiger partial charge in [-0.05, 0) is 36.5 Å². The lowest BCUT2D eigenvalue weighted by molar-refractivity contribution is -0.384. The number of nitro groups is 1. The molecule has 0 bridgehead atoms. The van der Waals surface area contributed by atoms with E-state index in [1.807, 2.05) is 12.1 Å². The Morgan fingerprint density at radius 3 is 2.70 bits per heavy atom. The van der Waals surface area contributed by atoms with Crippen LogP contribution < -0.4 is 15.5 Å². The Bertz CT molecular complexity index is 732. The average molecular weight is 330 g/mol. The van der Waals surface area contributed by atoms with E-state index < -0.39 is 4.92 Å². The highest BCUT2D eigenvalue weighted by molar-refractivity contribution is 7.80. The first kappa shape index (κ1) is 16.4. The number of nitrogens with one attached hydrogen (secondary N) is 2. The first-order chi connectivity index (χ1) is 11.1. The number of hydrogen-bond donors (Lipinski definition) is 2. The number of anilines is 1. The zero-order valence-electron chi connectivity index (χ0n) is 12.2. The Hall–Kier alpha value is -3.00. The molecule has 0 heterocycles. The lowest BCUT2D eigenvalue weighted by atomic mass is 10.2. The topological polar surface area (TPSA) is 88.8 Å². The zero-order valence-corrected chi connectivity index (χ0v) is 13.0. The van der Waals surface area contributed by atoms with Crippen molar-refractivity contribution in [2.75, 3.05) is 12.4 Å². The second-order valence-electron chi connectivity index (χ2n) is 4.40. The zero-order chi connectivity index (χ0) is 16.7. The van der Waals surface area contributed by atoms with Crippen molar-refractivity contribution >= 4 is 34.9 Å². The highest BCUT2D eigenvalue weighted by atomic mass is 32.1. The third-order valence-electron chi connectivity index (χ3n) is 2.81. The lowest BCUT2D eigenvalue weighted by Gasteiger charge is -2.07. The van der Waals surface area contributed by atoms with Crippen LogP contribution in [0.2, 0.25) is 0 Å². The van der Waals surface area contributed by atoms with Crippen molar-refractivity contribution in [1.82, 2.24) is 5.43 Å². The predicted octanol–water partition coefficient (Wildman–Crippen LogP) is 2.92. The van der Waals surface area contributed by atoms with Crippen LogP contribution in [0.4, 0.5) is 11.4 Å². The molecule has 0 aromatic heterocycles. The Morgan fingerprint density at radius 2 is 2.04 bits per heavy atom. The molecule has 118 valence electrons. The largest absolute Gasteiger partial charge is 0.497 e. The van der Waals surface area contributed by atoms with E-state index in [0.29, 0.717) is 10.7 Å². The first-order valence-corrected chi connectivity index (χ1v) is 6.98. The lowest BCUT2D eigenvalue weighted by Crippen LogP contribution is -2.23. The van der Waals surface area contributed by atoms with Crippen molar-refractivity contribution in [2.24, 2.45) is 5.10 Å². The Labute approximate surface area is 138 Å². The molecular formula is C15H14N4O3S. The van der Waals surface area contributed by atoms with Gasteiger partial charge in [0.1, 0.15) is 5.75 Å². The fraction of sp³-hybridized carbons (Fsp3) is 0.0667. The molecule has 0 atom stereocenters. The van der Waals surface area contributed by atoms with Crippen LogP contribution in [0.5, 0.6) is 5.75 Å². The molecule has 8 heteroatoms. The maximum absolute atomic E-state index is 10.7. The molecule has 2 rings (SSSR count). The van der Waals surface area contributed by atoms with E-state index in [9.17, 15) is 10.1 Å². The van der Waals surface area contributed by atoms with Crippen molar-refractivity contribution < 1.29 is 9.66 Å². The second-order valence-corrected chi connectivity index (χ2v) is 4.81. The van der Waals surface area contributed by atoms with Crippen molar-refractivity contribution in [3.05, 3.63) is 64.2 Å². The number of methoxy groups -OCH3 is 1. The third kappa shape index (κ3) is 5.04. The molecule has 7 nitrogen and oxygen atoms in total. The minimum Gasteiger partial charge on any atom is -0.497 e. The van der Waals surface area contributed by atoms with Gasteiger partial charge in [-0.25, -0.2) is 0 Å². The van der Waals surface area contributed by atoms with Crippen LogP contribution in [0.3, 0.4) is 0 Å². The van der Waals surface area contributed by atoms with E-state index in [2.05, 4.69) is 15.8 Å². The summed E-state index contributed by atoms with van der Waals surface area (Å²) in [4.78, 5) is 10.2. The highest BCUT2D eigenvalue weighted by Crippen LogP contribution is 2.14. The van der Waals surface area contributed by atoms with E-state index in [0.717, 1.165) is 11.4 Å². The highest BCUT2D eigenvalue weighted by Gasteiger charge is 2.04.